The molecule has 0 amide bonds. The van der Waals surface area contributed by atoms with E-state index in [4.69, 9.17) is 0 Å². The van der Waals surface area contributed by atoms with Crippen molar-refractivity contribution in [3.05, 3.63) is 24.2 Å². The molecule has 0 saturated carbocycles. The fraction of sp³-hybridized carbons (Fsp3) is 0.417. The van der Waals surface area contributed by atoms with E-state index in [1.165, 1.54) is 0 Å². The summed E-state index contributed by atoms with van der Waals surface area (Å²) in [6.07, 6.45) is 5.29. The predicted molar refractivity (Wildman–Crippen MR) is 65.6 cm³/mol. The largest absolute Gasteiger partial charge is 0.371 e. The molecule has 2 heterocycles. The van der Waals surface area contributed by atoms with Gasteiger partial charge in [0.2, 0.25) is 0 Å². The first-order valence-electron chi connectivity index (χ1n) is 5.32. The first kappa shape index (κ1) is 10.8. The van der Waals surface area contributed by atoms with Crippen LogP contribution in [-0.2, 0) is 5.41 Å². The molecule has 16 heavy (non-hydrogen) atoms. The summed E-state index contributed by atoms with van der Waals surface area (Å²) in [5.41, 5.74) is 2.90. The van der Waals surface area contributed by atoms with E-state index in [9.17, 15) is 0 Å². The third-order valence-electron chi connectivity index (χ3n) is 2.55. The summed E-state index contributed by atoms with van der Waals surface area (Å²) in [5.74, 6) is 0.774. The number of anilines is 1. The highest BCUT2D eigenvalue weighted by Gasteiger charge is 2.19. The lowest BCUT2D eigenvalue weighted by atomic mass is 9.87. The van der Waals surface area contributed by atoms with E-state index in [2.05, 4.69) is 41.0 Å². The minimum absolute atomic E-state index is 0.0214. The Labute approximate surface area is 95.1 Å². The van der Waals surface area contributed by atoms with Crippen molar-refractivity contribution < 1.29 is 0 Å². The predicted octanol–water partition coefficient (Wildman–Crippen LogP) is 2.36. The van der Waals surface area contributed by atoms with Crippen LogP contribution in [0.15, 0.2) is 18.6 Å². The Bertz CT molecular complexity index is 514. The lowest BCUT2D eigenvalue weighted by molar-refractivity contribution is 0.592. The van der Waals surface area contributed by atoms with Gasteiger partial charge in [0.05, 0.1) is 5.52 Å². The molecular formula is C12H16N4. The second-order valence-corrected chi connectivity index (χ2v) is 4.77. The van der Waals surface area contributed by atoms with E-state index >= 15 is 0 Å². The average Bonchev–Trinajstić information content (AvgIpc) is 2.26. The number of rotatable bonds is 1. The monoisotopic (exact) mass is 216 g/mol. The molecular weight excluding hydrogens is 200 g/mol. The van der Waals surface area contributed by atoms with Gasteiger partial charge in [0, 0.05) is 31.2 Å². The Morgan fingerprint density at radius 3 is 2.19 bits per heavy atom. The van der Waals surface area contributed by atoms with Crippen LogP contribution in [0.1, 0.15) is 26.3 Å². The summed E-state index contributed by atoms with van der Waals surface area (Å²) >= 11 is 0. The van der Waals surface area contributed by atoms with Crippen LogP contribution in [0.3, 0.4) is 0 Å². The Balaban J connectivity index is 2.80. The van der Waals surface area contributed by atoms with Gasteiger partial charge in [-0.05, 0) is 5.41 Å². The van der Waals surface area contributed by atoms with Gasteiger partial charge in [-0.1, -0.05) is 20.8 Å². The Kier molecular flexibility index (Phi) is 2.50. The van der Waals surface area contributed by atoms with Gasteiger partial charge in [-0.2, -0.15) is 0 Å². The molecule has 1 N–H and O–H groups in total. The van der Waals surface area contributed by atoms with Crippen molar-refractivity contribution >= 4 is 16.9 Å². The van der Waals surface area contributed by atoms with Crippen LogP contribution in [0.5, 0.6) is 0 Å². The van der Waals surface area contributed by atoms with Crippen LogP contribution in [0.25, 0.3) is 11.0 Å². The first-order chi connectivity index (χ1) is 7.54. The molecule has 0 atom stereocenters. The summed E-state index contributed by atoms with van der Waals surface area (Å²) in [6, 6.07) is 0. The first-order valence-corrected chi connectivity index (χ1v) is 5.32. The van der Waals surface area contributed by atoms with E-state index in [0.717, 1.165) is 22.4 Å². The van der Waals surface area contributed by atoms with Gasteiger partial charge >= 0.3 is 0 Å². The summed E-state index contributed by atoms with van der Waals surface area (Å²) in [6.45, 7) is 6.45. The van der Waals surface area contributed by atoms with Crippen LogP contribution in [-0.4, -0.2) is 22.0 Å². The van der Waals surface area contributed by atoms with Crippen LogP contribution in [0.4, 0.5) is 5.82 Å². The molecule has 2 aromatic heterocycles. The number of pyridine rings is 1. The fourth-order valence-electron chi connectivity index (χ4n) is 1.69. The Hall–Kier alpha value is -1.71. The SMILES string of the molecule is CNc1ncc(C(C)(C)C)c2nccnc12. The molecule has 0 fully saturated rings. The minimum atomic E-state index is 0.0214. The number of hydrogen-bond donors (Lipinski definition) is 1. The average molecular weight is 216 g/mol. The molecule has 0 spiro atoms. The summed E-state index contributed by atoms with van der Waals surface area (Å²) in [7, 11) is 1.84. The standard InChI is InChI=1S/C12H16N4/c1-12(2,3)8-7-16-11(13-4)10-9(8)14-5-6-15-10/h5-7H,1-4H3,(H,13,16). The molecule has 0 aromatic carbocycles. The second-order valence-electron chi connectivity index (χ2n) is 4.77. The topological polar surface area (TPSA) is 50.7 Å². The molecule has 4 heteroatoms. The molecule has 0 bridgehead atoms. The van der Waals surface area contributed by atoms with Gasteiger partial charge in [0.25, 0.3) is 0 Å². The zero-order valence-corrected chi connectivity index (χ0v) is 10.1. The third-order valence-corrected chi connectivity index (χ3v) is 2.55. The van der Waals surface area contributed by atoms with Crippen molar-refractivity contribution in [2.24, 2.45) is 0 Å². The van der Waals surface area contributed by atoms with Crippen LogP contribution >= 0.6 is 0 Å². The third kappa shape index (κ3) is 1.71. The molecule has 4 nitrogen and oxygen atoms in total. The minimum Gasteiger partial charge on any atom is -0.371 e. The van der Waals surface area contributed by atoms with Crippen LogP contribution in [0, 0.1) is 0 Å². The Morgan fingerprint density at radius 2 is 1.62 bits per heavy atom. The number of hydrogen-bond acceptors (Lipinski definition) is 4. The van der Waals surface area contributed by atoms with Crippen molar-refractivity contribution in [1.29, 1.82) is 0 Å². The van der Waals surface area contributed by atoms with E-state index < -0.39 is 0 Å². The highest BCUT2D eigenvalue weighted by atomic mass is 15.0. The highest BCUT2D eigenvalue weighted by Crippen LogP contribution is 2.29. The molecule has 0 aliphatic heterocycles. The van der Waals surface area contributed by atoms with Crippen molar-refractivity contribution in [3.8, 4) is 0 Å². The lowest BCUT2D eigenvalue weighted by Crippen LogP contribution is -2.14. The van der Waals surface area contributed by atoms with Gasteiger partial charge in [0.1, 0.15) is 5.52 Å². The van der Waals surface area contributed by atoms with Crippen molar-refractivity contribution in [2.45, 2.75) is 26.2 Å². The molecule has 0 saturated heterocycles. The van der Waals surface area contributed by atoms with Gasteiger partial charge in [-0.3, -0.25) is 4.98 Å². The quantitative estimate of drug-likeness (QED) is 0.795. The van der Waals surface area contributed by atoms with Crippen molar-refractivity contribution in [3.63, 3.8) is 0 Å². The fourth-order valence-corrected chi connectivity index (χ4v) is 1.69. The zero-order valence-electron chi connectivity index (χ0n) is 10.1. The Morgan fingerprint density at radius 1 is 1.00 bits per heavy atom. The van der Waals surface area contributed by atoms with Gasteiger partial charge < -0.3 is 5.32 Å². The second kappa shape index (κ2) is 3.70. The molecule has 2 rings (SSSR count). The van der Waals surface area contributed by atoms with Crippen LogP contribution < -0.4 is 5.32 Å². The zero-order chi connectivity index (χ0) is 11.8. The van der Waals surface area contributed by atoms with Gasteiger partial charge in [0.15, 0.2) is 5.82 Å². The lowest BCUT2D eigenvalue weighted by Gasteiger charge is -2.20. The molecule has 2 aromatic rings. The van der Waals surface area contributed by atoms with Gasteiger partial charge in [-0.15, -0.1) is 0 Å². The molecule has 0 unspecified atom stereocenters. The summed E-state index contributed by atoms with van der Waals surface area (Å²) < 4.78 is 0. The van der Waals surface area contributed by atoms with E-state index in [1.807, 2.05) is 13.2 Å². The summed E-state index contributed by atoms with van der Waals surface area (Å²) in [4.78, 5) is 13.1. The van der Waals surface area contributed by atoms with Crippen molar-refractivity contribution in [2.75, 3.05) is 12.4 Å². The van der Waals surface area contributed by atoms with E-state index in [-0.39, 0.29) is 5.41 Å². The molecule has 84 valence electrons. The van der Waals surface area contributed by atoms with E-state index in [1.54, 1.807) is 12.4 Å². The maximum atomic E-state index is 4.41. The van der Waals surface area contributed by atoms with Crippen LogP contribution in [0.2, 0.25) is 0 Å². The number of nitrogens with one attached hydrogen (secondary N) is 1. The molecule has 0 radical (unpaired) electrons. The van der Waals surface area contributed by atoms with Gasteiger partial charge in [-0.25, -0.2) is 9.97 Å². The maximum Gasteiger partial charge on any atom is 0.153 e. The van der Waals surface area contributed by atoms with E-state index in [0.29, 0.717) is 0 Å². The maximum absolute atomic E-state index is 4.41. The summed E-state index contributed by atoms with van der Waals surface area (Å²) in [5, 5.41) is 3.04. The molecule has 0 aliphatic rings. The smallest absolute Gasteiger partial charge is 0.153 e. The van der Waals surface area contributed by atoms with Crippen molar-refractivity contribution in [1.82, 2.24) is 15.0 Å². The number of nitrogens with zero attached hydrogens (tertiary/aromatic N) is 3. The number of aromatic nitrogens is 3. The molecule has 0 aliphatic carbocycles. The number of fused-ring (bicyclic) bond motifs is 1. The normalized spacial score (nSPS) is 11.8. The highest BCUT2D eigenvalue weighted by molar-refractivity contribution is 5.87.